The van der Waals surface area contributed by atoms with E-state index in [2.05, 4.69) is 5.32 Å². The molecule has 0 saturated heterocycles. The van der Waals surface area contributed by atoms with E-state index in [1.807, 2.05) is 19.9 Å². The van der Waals surface area contributed by atoms with E-state index < -0.39 is 5.69 Å². The number of nitrogens with one attached hydrogen (secondary N) is 1. The SMILES string of the molecule is CC[C@H](C)NC(=O)Cn1c(=O)n(-c2ccccc2)c(=O)c2sccc21. The van der Waals surface area contributed by atoms with Crippen molar-refractivity contribution in [2.75, 3.05) is 0 Å². The van der Waals surface area contributed by atoms with E-state index in [1.54, 1.807) is 35.7 Å². The first kappa shape index (κ1) is 17.2. The van der Waals surface area contributed by atoms with Crippen LogP contribution in [-0.4, -0.2) is 21.1 Å². The van der Waals surface area contributed by atoms with Gasteiger partial charge in [0.1, 0.15) is 11.2 Å². The molecule has 1 amide bonds. The van der Waals surface area contributed by atoms with E-state index in [4.69, 9.17) is 0 Å². The lowest BCUT2D eigenvalue weighted by Gasteiger charge is -2.14. The van der Waals surface area contributed by atoms with Crippen molar-refractivity contribution in [3.05, 3.63) is 62.6 Å². The fourth-order valence-corrected chi connectivity index (χ4v) is 3.44. The monoisotopic (exact) mass is 357 g/mol. The second-order valence-corrected chi connectivity index (χ2v) is 6.77. The van der Waals surface area contributed by atoms with Gasteiger partial charge >= 0.3 is 5.69 Å². The standard InChI is InChI=1S/C18H19N3O3S/c1-3-12(2)19-15(22)11-20-14-9-10-25-16(14)17(23)21(18(20)24)13-7-5-4-6-8-13/h4-10,12H,3,11H2,1-2H3,(H,19,22)/t12-/m0/s1. The Bertz CT molecular complexity index is 1020. The summed E-state index contributed by atoms with van der Waals surface area (Å²) in [4.78, 5) is 38.0. The van der Waals surface area contributed by atoms with Crippen LogP contribution in [0.2, 0.25) is 0 Å². The molecule has 130 valence electrons. The van der Waals surface area contributed by atoms with Crippen LogP contribution in [0.5, 0.6) is 0 Å². The van der Waals surface area contributed by atoms with Gasteiger partial charge in [-0.1, -0.05) is 25.1 Å². The van der Waals surface area contributed by atoms with Crippen LogP contribution in [-0.2, 0) is 11.3 Å². The van der Waals surface area contributed by atoms with Gasteiger partial charge in [0.2, 0.25) is 5.91 Å². The Morgan fingerprint density at radius 2 is 1.92 bits per heavy atom. The molecule has 0 unspecified atom stereocenters. The molecule has 2 heterocycles. The molecule has 1 atom stereocenters. The second-order valence-electron chi connectivity index (χ2n) is 5.86. The molecule has 1 aromatic carbocycles. The average Bonchev–Trinajstić information content (AvgIpc) is 3.09. The fourth-order valence-electron chi connectivity index (χ4n) is 2.61. The molecular formula is C18H19N3O3S. The molecular weight excluding hydrogens is 338 g/mol. The third kappa shape index (κ3) is 3.28. The quantitative estimate of drug-likeness (QED) is 0.760. The van der Waals surface area contributed by atoms with Gasteiger partial charge in [-0.3, -0.25) is 14.2 Å². The van der Waals surface area contributed by atoms with Crippen LogP contribution in [0.25, 0.3) is 15.9 Å². The van der Waals surface area contributed by atoms with Crippen molar-refractivity contribution in [2.45, 2.75) is 32.9 Å². The molecule has 2 aromatic heterocycles. The lowest BCUT2D eigenvalue weighted by atomic mass is 10.2. The summed E-state index contributed by atoms with van der Waals surface area (Å²) in [5.41, 5.74) is 0.108. The minimum absolute atomic E-state index is 0.0289. The number of para-hydroxylation sites is 1. The predicted octanol–water partition coefficient (Wildman–Crippen LogP) is 2.13. The number of carbonyl (C=O) groups excluding carboxylic acids is 1. The maximum atomic E-state index is 12.9. The number of rotatable bonds is 5. The van der Waals surface area contributed by atoms with Crippen molar-refractivity contribution in [1.82, 2.24) is 14.5 Å². The topological polar surface area (TPSA) is 73.1 Å². The molecule has 0 aliphatic rings. The fraction of sp³-hybridized carbons (Fsp3) is 0.278. The van der Waals surface area contributed by atoms with Crippen molar-refractivity contribution >= 4 is 27.5 Å². The molecule has 0 aliphatic carbocycles. The zero-order valence-corrected chi connectivity index (χ0v) is 14.9. The molecule has 6 nitrogen and oxygen atoms in total. The summed E-state index contributed by atoms with van der Waals surface area (Å²) in [6.07, 6.45) is 0.804. The molecule has 1 N–H and O–H groups in total. The van der Waals surface area contributed by atoms with Crippen LogP contribution in [0, 0.1) is 0 Å². The second kappa shape index (κ2) is 7.06. The van der Waals surface area contributed by atoms with Crippen molar-refractivity contribution in [1.29, 1.82) is 0 Å². The number of nitrogens with zero attached hydrogens (tertiary/aromatic N) is 2. The summed E-state index contributed by atoms with van der Waals surface area (Å²) in [5, 5.41) is 4.61. The van der Waals surface area contributed by atoms with Crippen molar-refractivity contribution in [3.8, 4) is 5.69 Å². The molecule has 0 saturated carbocycles. The van der Waals surface area contributed by atoms with E-state index in [9.17, 15) is 14.4 Å². The smallest absolute Gasteiger partial charge is 0.336 e. The van der Waals surface area contributed by atoms with Gasteiger partial charge in [-0.2, -0.15) is 0 Å². The summed E-state index contributed by atoms with van der Waals surface area (Å²) in [7, 11) is 0. The van der Waals surface area contributed by atoms with E-state index >= 15 is 0 Å². The third-order valence-electron chi connectivity index (χ3n) is 4.09. The number of benzene rings is 1. The first-order chi connectivity index (χ1) is 12.0. The highest BCUT2D eigenvalue weighted by Gasteiger charge is 2.17. The minimum atomic E-state index is -0.513. The Balaban J connectivity index is 2.16. The molecule has 3 aromatic rings. The van der Waals surface area contributed by atoms with Gasteiger partial charge in [0, 0.05) is 6.04 Å². The molecule has 0 bridgehead atoms. The first-order valence-corrected chi connectivity index (χ1v) is 8.98. The number of hydrogen-bond donors (Lipinski definition) is 1. The van der Waals surface area contributed by atoms with Gasteiger partial charge in [0.25, 0.3) is 5.56 Å². The summed E-state index contributed by atoms with van der Waals surface area (Å²) >= 11 is 1.27. The largest absolute Gasteiger partial charge is 0.352 e. The van der Waals surface area contributed by atoms with Crippen LogP contribution in [0.3, 0.4) is 0 Å². The molecule has 3 rings (SSSR count). The van der Waals surface area contributed by atoms with Crippen LogP contribution in [0.4, 0.5) is 0 Å². The summed E-state index contributed by atoms with van der Waals surface area (Å²) in [6, 6.07) is 10.5. The Kier molecular flexibility index (Phi) is 4.85. The van der Waals surface area contributed by atoms with Crippen LogP contribution in [0.15, 0.2) is 51.4 Å². The minimum Gasteiger partial charge on any atom is -0.352 e. The van der Waals surface area contributed by atoms with Gasteiger partial charge in [0.05, 0.1) is 11.2 Å². The van der Waals surface area contributed by atoms with E-state index in [0.29, 0.717) is 15.9 Å². The number of amides is 1. The highest BCUT2D eigenvalue weighted by atomic mass is 32.1. The number of hydrogen-bond acceptors (Lipinski definition) is 4. The predicted molar refractivity (Wildman–Crippen MR) is 99.6 cm³/mol. The van der Waals surface area contributed by atoms with E-state index in [0.717, 1.165) is 11.0 Å². The average molecular weight is 357 g/mol. The van der Waals surface area contributed by atoms with Crippen LogP contribution < -0.4 is 16.6 Å². The number of thiophene rings is 1. The van der Waals surface area contributed by atoms with Crippen LogP contribution in [0.1, 0.15) is 20.3 Å². The number of fused-ring (bicyclic) bond motifs is 1. The number of carbonyl (C=O) groups is 1. The first-order valence-electron chi connectivity index (χ1n) is 8.10. The summed E-state index contributed by atoms with van der Waals surface area (Å²) < 4.78 is 2.94. The zero-order chi connectivity index (χ0) is 18.0. The van der Waals surface area contributed by atoms with Crippen molar-refractivity contribution < 1.29 is 4.79 Å². The maximum absolute atomic E-state index is 12.9. The Labute approximate surface area is 148 Å². The van der Waals surface area contributed by atoms with Gasteiger partial charge < -0.3 is 5.32 Å². The molecule has 0 spiro atoms. The van der Waals surface area contributed by atoms with E-state index in [1.165, 1.54) is 15.9 Å². The Hall–Kier alpha value is -2.67. The van der Waals surface area contributed by atoms with Gasteiger partial charge in [-0.15, -0.1) is 11.3 Å². The van der Waals surface area contributed by atoms with Gasteiger partial charge in [0.15, 0.2) is 0 Å². The molecule has 7 heteroatoms. The van der Waals surface area contributed by atoms with Crippen molar-refractivity contribution in [3.63, 3.8) is 0 Å². The zero-order valence-electron chi connectivity index (χ0n) is 14.1. The number of aromatic nitrogens is 2. The van der Waals surface area contributed by atoms with Gasteiger partial charge in [-0.05, 0) is 36.9 Å². The van der Waals surface area contributed by atoms with Gasteiger partial charge in [-0.25, -0.2) is 9.36 Å². The highest BCUT2D eigenvalue weighted by Crippen LogP contribution is 2.16. The third-order valence-corrected chi connectivity index (χ3v) is 4.98. The Morgan fingerprint density at radius 3 is 2.60 bits per heavy atom. The maximum Gasteiger partial charge on any atom is 0.336 e. The van der Waals surface area contributed by atoms with Crippen molar-refractivity contribution in [2.24, 2.45) is 0 Å². The lowest BCUT2D eigenvalue weighted by Crippen LogP contribution is -2.42. The molecule has 25 heavy (non-hydrogen) atoms. The summed E-state index contributed by atoms with van der Waals surface area (Å²) in [6.45, 7) is 3.76. The Morgan fingerprint density at radius 1 is 1.20 bits per heavy atom. The normalized spacial score (nSPS) is 12.2. The molecule has 0 aliphatic heterocycles. The summed E-state index contributed by atoms with van der Waals surface area (Å²) in [5.74, 6) is -0.248. The van der Waals surface area contributed by atoms with E-state index in [-0.39, 0.29) is 24.1 Å². The molecule has 0 fully saturated rings. The van der Waals surface area contributed by atoms with Crippen LogP contribution >= 0.6 is 11.3 Å². The highest BCUT2D eigenvalue weighted by molar-refractivity contribution is 7.17. The lowest BCUT2D eigenvalue weighted by molar-refractivity contribution is -0.122. The molecule has 0 radical (unpaired) electrons.